The van der Waals surface area contributed by atoms with Crippen LogP contribution in [-0.4, -0.2) is 28.9 Å². The number of amides is 1. The second-order valence-corrected chi connectivity index (χ2v) is 7.12. The van der Waals surface area contributed by atoms with Crippen molar-refractivity contribution in [2.75, 3.05) is 13.1 Å². The van der Waals surface area contributed by atoms with E-state index in [4.69, 9.17) is 0 Å². The largest absolute Gasteiger partial charge is 0.342 e. The lowest BCUT2D eigenvalue weighted by Crippen LogP contribution is -2.38. The maximum atomic E-state index is 12.2. The molecule has 19 heavy (non-hydrogen) atoms. The van der Waals surface area contributed by atoms with Crippen LogP contribution in [-0.2, 0) is 11.2 Å². The highest BCUT2D eigenvalue weighted by Crippen LogP contribution is 2.25. The van der Waals surface area contributed by atoms with Crippen LogP contribution in [0, 0.1) is 11.3 Å². The van der Waals surface area contributed by atoms with Crippen molar-refractivity contribution in [3.63, 3.8) is 0 Å². The first-order valence-corrected chi connectivity index (χ1v) is 7.56. The lowest BCUT2D eigenvalue weighted by Gasteiger charge is -2.25. The molecule has 0 N–H and O–H groups in total. The van der Waals surface area contributed by atoms with Crippen molar-refractivity contribution in [2.24, 2.45) is 11.3 Å². The van der Waals surface area contributed by atoms with Crippen LogP contribution in [0.1, 0.15) is 32.9 Å². The van der Waals surface area contributed by atoms with Crippen molar-refractivity contribution in [3.05, 3.63) is 28.5 Å². The lowest BCUT2D eigenvalue weighted by molar-refractivity contribution is -0.138. The normalized spacial score (nSPS) is 19.8. The minimum atomic E-state index is -0.275. The Morgan fingerprint density at radius 2 is 2.21 bits per heavy atom. The summed E-state index contributed by atoms with van der Waals surface area (Å²) in [5.74, 6) is 0.797. The predicted octanol–water partition coefficient (Wildman–Crippen LogP) is 3.28. The molecule has 3 nitrogen and oxygen atoms in total. The Morgan fingerprint density at radius 1 is 1.47 bits per heavy atom. The highest BCUT2D eigenvalue weighted by molar-refractivity contribution is 9.10. The Kier molecular flexibility index (Phi) is 4.29. The second-order valence-electron chi connectivity index (χ2n) is 6.31. The van der Waals surface area contributed by atoms with Crippen LogP contribution in [0.25, 0.3) is 0 Å². The monoisotopic (exact) mass is 324 g/mol. The van der Waals surface area contributed by atoms with Crippen molar-refractivity contribution in [3.8, 4) is 0 Å². The number of aromatic nitrogens is 1. The fourth-order valence-electron chi connectivity index (χ4n) is 2.52. The molecule has 4 heteroatoms. The van der Waals surface area contributed by atoms with E-state index in [0.29, 0.717) is 5.92 Å². The number of likely N-dealkylation sites (tertiary alicyclic amines) is 1. The number of halogens is 1. The van der Waals surface area contributed by atoms with Crippen molar-refractivity contribution in [1.29, 1.82) is 0 Å². The van der Waals surface area contributed by atoms with Crippen LogP contribution >= 0.6 is 15.9 Å². The first-order valence-electron chi connectivity index (χ1n) is 6.77. The fourth-order valence-corrected chi connectivity index (χ4v) is 2.90. The summed E-state index contributed by atoms with van der Waals surface area (Å²) in [4.78, 5) is 18.7. The topological polar surface area (TPSA) is 33.2 Å². The standard InChI is InChI=1S/C15H21BrN2O/c1-15(2,3)14(19)18-8-7-11(10-18)9-12-5-4-6-13(16)17-12/h4-6,11H,7-10H2,1-3H3. The molecule has 0 radical (unpaired) electrons. The maximum absolute atomic E-state index is 12.2. The molecule has 0 aromatic carbocycles. The number of hydrogen-bond acceptors (Lipinski definition) is 2. The molecule has 1 fully saturated rings. The van der Waals surface area contributed by atoms with Gasteiger partial charge in [0.25, 0.3) is 0 Å². The Balaban J connectivity index is 1.94. The van der Waals surface area contributed by atoms with Gasteiger partial charge in [0.15, 0.2) is 0 Å². The molecule has 0 bridgehead atoms. The average Bonchev–Trinajstić information content (AvgIpc) is 2.75. The molecule has 0 aliphatic carbocycles. The van der Waals surface area contributed by atoms with Gasteiger partial charge in [0.05, 0.1) is 0 Å². The molecule has 1 unspecified atom stereocenters. The molecule has 1 aliphatic heterocycles. The summed E-state index contributed by atoms with van der Waals surface area (Å²) in [5.41, 5.74) is 0.826. The van der Waals surface area contributed by atoms with E-state index in [0.717, 1.165) is 36.2 Å². The van der Waals surface area contributed by atoms with E-state index < -0.39 is 0 Å². The van der Waals surface area contributed by atoms with Gasteiger partial charge < -0.3 is 4.90 Å². The summed E-state index contributed by atoms with van der Waals surface area (Å²) in [6.07, 6.45) is 2.03. The molecule has 1 saturated heterocycles. The van der Waals surface area contributed by atoms with Crippen molar-refractivity contribution in [1.82, 2.24) is 9.88 Å². The number of carbonyl (C=O) groups excluding carboxylic acids is 1. The van der Waals surface area contributed by atoms with Gasteiger partial charge in [0.1, 0.15) is 4.60 Å². The van der Waals surface area contributed by atoms with Crippen LogP contribution in [0.15, 0.2) is 22.8 Å². The van der Waals surface area contributed by atoms with Gasteiger partial charge in [-0.3, -0.25) is 4.79 Å². The van der Waals surface area contributed by atoms with Crippen molar-refractivity contribution >= 4 is 21.8 Å². The molecule has 0 saturated carbocycles. The third-order valence-electron chi connectivity index (χ3n) is 3.49. The van der Waals surface area contributed by atoms with E-state index in [-0.39, 0.29) is 11.3 Å². The van der Waals surface area contributed by atoms with Gasteiger partial charge >= 0.3 is 0 Å². The second kappa shape index (κ2) is 5.61. The van der Waals surface area contributed by atoms with Crippen molar-refractivity contribution in [2.45, 2.75) is 33.6 Å². The van der Waals surface area contributed by atoms with Gasteiger partial charge in [-0.15, -0.1) is 0 Å². The number of hydrogen-bond donors (Lipinski definition) is 0. The molecular formula is C15H21BrN2O. The van der Waals surface area contributed by atoms with E-state index in [1.54, 1.807) is 0 Å². The molecule has 0 spiro atoms. The van der Waals surface area contributed by atoms with Gasteiger partial charge in [-0.2, -0.15) is 0 Å². The lowest BCUT2D eigenvalue weighted by atomic mass is 9.95. The highest BCUT2D eigenvalue weighted by atomic mass is 79.9. The van der Waals surface area contributed by atoms with Crippen LogP contribution < -0.4 is 0 Å². The molecule has 2 rings (SSSR count). The molecule has 1 atom stereocenters. The van der Waals surface area contributed by atoms with Crippen LogP contribution in [0.4, 0.5) is 0 Å². The number of pyridine rings is 1. The van der Waals surface area contributed by atoms with Gasteiger partial charge in [0.2, 0.25) is 5.91 Å². The number of rotatable bonds is 2. The Hall–Kier alpha value is -0.900. The van der Waals surface area contributed by atoms with Gasteiger partial charge in [0, 0.05) is 24.2 Å². The summed E-state index contributed by atoms with van der Waals surface area (Å²) in [6.45, 7) is 7.70. The summed E-state index contributed by atoms with van der Waals surface area (Å²) >= 11 is 3.40. The van der Waals surface area contributed by atoms with Crippen LogP contribution in [0.5, 0.6) is 0 Å². The first-order chi connectivity index (χ1) is 8.86. The molecule has 1 amide bonds. The van der Waals surface area contributed by atoms with E-state index in [1.165, 1.54) is 0 Å². The summed E-state index contributed by atoms with van der Waals surface area (Å²) < 4.78 is 0.880. The maximum Gasteiger partial charge on any atom is 0.227 e. The van der Waals surface area contributed by atoms with E-state index >= 15 is 0 Å². The third-order valence-corrected chi connectivity index (χ3v) is 3.93. The summed E-state index contributed by atoms with van der Waals surface area (Å²) in [7, 11) is 0. The van der Waals surface area contributed by atoms with Crippen molar-refractivity contribution < 1.29 is 4.79 Å². The molecule has 2 heterocycles. The Morgan fingerprint density at radius 3 is 2.84 bits per heavy atom. The number of carbonyl (C=O) groups is 1. The zero-order chi connectivity index (χ0) is 14.0. The summed E-state index contributed by atoms with van der Waals surface area (Å²) in [5, 5.41) is 0. The zero-order valence-corrected chi connectivity index (χ0v) is 13.4. The molecular weight excluding hydrogens is 304 g/mol. The predicted molar refractivity (Wildman–Crippen MR) is 79.8 cm³/mol. The Labute approximate surface area is 123 Å². The molecule has 1 aliphatic rings. The molecule has 1 aromatic heterocycles. The van der Waals surface area contributed by atoms with Gasteiger partial charge in [-0.25, -0.2) is 4.98 Å². The highest BCUT2D eigenvalue weighted by Gasteiger charge is 2.32. The van der Waals surface area contributed by atoms with Gasteiger partial charge in [-0.1, -0.05) is 26.8 Å². The van der Waals surface area contributed by atoms with E-state index in [9.17, 15) is 4.79 Å². The SMILES string of the molecule is CC(C)(C)C(=O)N1CCC(Cc2cccc(Br)n2)C1. The minimum absolute atomic E-state index is 0.261. The fraction of sp³-hybridized carbons (Fsp3) is 0.600. The summed E-state index contributed by atoms with van der Waals surface area (Å²) in [6, 6.07) is 6.01. The van der Waals surface area contributed by atoms with Gasteiger partial charge in [-0.05, 0) is 46.8 Å². The minimum Gasteiger partial charge on any atom is -0.342 e. The molecule has 1 aromatic rings. The number of nitrogens with zero attached hydrogens (tertiary/aromatic N) is 2. The zero-order valence-electron chi connectivity index (χ0n) is 11.8. The quantitative estimate of drug-likeness (QED) is 0.782. The Bertz CT molecular complexity index is 467. The van der Waals surface area contributed by atoms with Crippen LogP contribution in [0.2, 0.25) is 0 Å². The molecule has 104 valence electrons. The van der Waals surface area contributed by atoms with Crippen LogP contribution in [0.3, 0.4) is 0 Å². The smallest absolute Gasteiger partial charge is 0.227 e. The van der Waals surface area contributed by atoms with E-state index in [2.05, 4.69) is 27.0 Å². The van der Waals surface area contributed by atoms with E-state index in [1.807, 2.05) is 37.8 Å². The first kappa shape index (κ1) is 14.5. The third kappa shape index (κ3) is 3.78. The average molecular weight is 325 g/mol.